The number of hydrogen-bond acceptors (Lipinski definition) is 6. The summed E-state index contributed by atoms with van der Waals surface area (Å²) >= 11 is 0. The number of piperazine rings is 1. The van der Waals surface area contributed by atoms with Crippen LogP contribution in [0.3, 0.4) is 0 Å². The molecule has 2 aromatic carbocycles. The highest BCUT2D eigenvalue weighted by Gasteiger charge is 2.29. The first-order valence-corrected chi connectivity index (χ1v) is 11.3. The molecule has 0 atom stereocenters. The van der Waals surface area contributed by atoms with E-state index >= 15 is 0 Å². The van der Waals surface area contributed by atoms with Crippen molar-refractivity contribution in [2.45, 2.75) is 18.7 Å². The maximum absolute atomic E-state index is 12.8. The molecular formula is C21H23N5O4S. The van der Waals surface area contributed by atoms with Crippen LogP contribution in [0.15, 0.2) is 59.5 Å². The van der Waals surface area contributed by atoms with Crippen LogP contribution in [0.5, 0.6) is 0 Å². The number of nitrogens with zero attached hydrogens (tertiary/aromatic N) is 5. The topological polar surface area (TPSA) is 102 Å². The molecule has 0 radical (unpaired) electrons. The molecule has 3 aromatic rings. The Hall–Kier alpha value is -3.24. The minimum absolute atomic E-state index is 0.0276. The lowest BCUT2D eigenvalue weighted by molar-refractivity contribution is -0.384. The lowest BCUT2D eigenvalue weighted by Gasteiger charge is -2.35. The molecule has 0 spiro atoms. The Morgan fingerprint density at radius 1 is 0.968 bits per heavy atom. The molecule has 162 valence electrons. The molecule has 1 aliphatic rings. The van der Waals surface area contributed by atoms with Gasteiger partial charge in [0.2, 0.25) is 10.0 Å². The van der Waals surface area contributed by atoms with E-state index < -0.39 is 14.9 Å². The van der Waals surface area contributed by atoms with Gasteiger partial charge in [-0.05, 0) is 44.2 Å². The first-order chi connectivity index (χ1) is 14.8. The number of anilines is 1. The summed E-state index contributed by atoms with van der Waals surface area (Å²) in [5, 5.41) is 16.0. The molecule has 0 bridgehead atoms. The van der Waals surface area contributed by atoms with E-state index in [1.54, 1.807) is 47.1 Å². The number of hydrogen-bond donors (Lipinski definition) is 0. The summed E-state index contributed by atoms with van der Waals surface area (Å²) in [6.45, 7) is 5.34. The Balaban J connectivity index is 1.58. The highest BCUT2D eigenvalue weighted by molar-refractivity contribution is 7.89. The molecule has 0 N–H and O–H groups in total. The number of rotatable bonds is 5. The van der Waals surface area contributed by atoms with Gasteiger partial charge in [-0.3, -0.25) is 10.1 Å². The third kappa shape index (κ3) is 4.04. The van der Waals surface area contributed by atoms with Crippen LogP contribution >= 0.6 is 0 Å². The second kappa shape index (κ2) is 8.12. The van der Waals surface area contributed by atoms with Gasteiger partial charge in [0.05, 0.1) is 15.5 Å². The van der Waals surface area contributed by atoms with Crippen molar-refractivity contribution in [1.29, 1.82) is 0 Å². The minimum atomic E-state index is -3.54. The van der Waals surface area contributed by atoms with E-state index in [1.807, 2.05) is 24.8 Å². The van der Waals surface area contributed by atoms with Gasteiger partial charge in [0.1, 0.15) is 5.69 Å². The zero-order chi connectivity index (χ0) is 22.2. The fourth-order valence-electron chi connectivity index (χ4n) is 3.83. The van der Waals surface area contributed by atoms with Gasteiger partial charge in [0.15, 0.2) is 0 Å². The number of benzene rings is 2. The van der Waals surface area contributed by atoms with E-state index in [0.29, 0.717) is 31.9 Å². The first kappa shape index (κ1) is 21.0. The van der Waals surface area contributed by atoms with Crippen molar-refractivity contribution in [2.24, 2.45) is 0 Å². The highest BCUT2D eigenvalue weighted by Crippen LogP contribution is 2.30. The Labute approximate surface area is 180 Å². The van der Waals surface area contributed by atoms with Gasteiger partial charge >= 0.3 is 0 Å². The average molecular weight is 442 g/mol. The van der Waals surface area contributed by atoms with Crippen LogP contribution in [0.2, 0.25) is 0 Å². The summed E-state index contributed by atoms with van der Waals surface area (Å²) in [6.07, 6.45) is 0. The van der Waals surface area contributed by atoms with Gasteiger partial charge in [-0.1, -0.05) is 18.2 Å². The van der Waals surface area contributed by atoms with Crippen LogP contribution in [0.25, 0.3) is 5.69 Å². The van der Waals surface area contributed by atoms with E-state index in [-0.39, 0.29) is 10.6 Å². The molecule has 0 amide bonds. The Bertz CT molecular complexity index is 1220. The SMILES string of the molecule is Cc1cc(C)n(-c2cc(N3CCN(S(=O)(=O)c4ccccc4)CC3)ccc2[N+](=O)[O-])n1. The van der Waals surface area contributed by atoms with Gasteiger partial charge in [-0.15, -0.1) is 0 Å². The summed E-state index contributed by atoms with van der Waals surface area (Å²) in [4.78, 5) is 13.5. The predicted molar refractivity (Wildman–Crippen MR) is 117 cm³/mol. The number of sulfonamides is 1. The molecule has 1 saturated heterocycles. The van der Waals surface area contributed by atoms with Crippen molar-refractivity contribution in [1.82, 2.24) is 14.1 Å². The maximum atomic E-state index is 12.8. The number of nitro groups is 1. The average Bonchev–Trinajstić information content (AvgIpc) is 3.11. The van der Waals surface area contributed by atoms with Gasteiger partial charge in [-0.25, -0.2) is 13.1 Å². The number of nitro benzene ring substituents is 1. The minimum Gasteiger partial charge on any atom is -0.369 e. The molecular weight excluding hydrogens is 418 g/mol. The second-order valence-electron chi connectivity index (χ2n) is 7.47. The zero-order valence-electron chi connectivity index (χ0n) is 17.3. The van der Waals surface area contributed by atoms with Gasteiger partial charge in [0, 0.05) is 43.6 Å². The smallest absolute Gasteiger partial charge is 0.295 e. The van der Waals surface area contributed by atoms with Gasteiger partial charge in [-0.2, -0.15) is 9.40 Å². The Kier molecular flexibility index (Phi) is 5.50. The fraction of sp³-hybridized carbons (Fsp3) is 0.286. The van der Waals surface area contributed by atoms with Crippen molar-refractivity contribution in [3.05, 3.63) is 76.1 Å². The van der Waals surface area contributed by atoms with Crippen molar-refractivity contribution in [3.8, 4) is 5.69 Å². The van der Waals surface area contributed by atoms with Gasteiger partial charge in [0.25, 0.3) is 5.69 Å². The highest BCUT2D eigenvalue weighted by atomic mass is 32.2. The van der Waals surface area contributed by atoms with Crippen LogP contribution in [0, 0.1) is 24.0 Å². The van der Waals surface area contributed by atoms with Crippen molar-refractivity contribution in [3.63, 3.8) is 0 Å². The molecule has 9 nitrogen and oxygen atoms in total. The molecule has 2 heterocycles. The summed E-state index contributed by atoms with van der Waals surface area (Å²) in [5.74, 6) is 0. The Morgan fingerprint density at radius 3 is 2.23 bits per heavy atom. The third-order valence-electron chi connectivity index (χ3n) is 5.38. The summed E-state index contributed by atoms with van der Waals surface area (Å²) in [5.41, 5.74) is 2.74. The van der Waals surface area contributed by atoms with Crippen LogP contribution < -0.4 is 4.90 Å². The van der Waals surface area contributed by atoms with Crippen molar-refractivity contribution >= 4 is 21.4 Å². The monoisotopic (exact) mass is 441 g/mol. The zero-order valence-corrected chi connectivity index (χ0v) is 18.1. The van der Waals surface area contributed by atoms with Gasteiger partial charge < -0.3 is 4.90 Å². The van der Waals surface area contributed by atoms with E-state index in [0.717, 1.165) is 17.1 Å². The van der Waals surface area contributed by atoms with Crippen LogP contribution in [-0.2, 0) is 10.0 Å². The first-order valence-electron chi connectivity index (χ1n) is 9.89. The fourth-order valence-corrected chi connectivity index (χ4v) is 5.28. The molecule has 4 rings (SSSR count). The maximum Gasteiger partial charge on any atom is 0.295 e. The summed E-state index contributed by atoms with van der Waals surface area (Å²) in [6, 6.07) is 15.2. The van der Waals surface area contributed by atoms with Crippen LogP contribution in [0.4, 0.5) is 11.4 Å². The summed E-state index contributed by atoms with van der Waals surface area (Å²) in [7, 11) is -3.54. The van der Waals surface area contributed by atoms with E-state index in [1.165, 1.54) is 10.4 Å². The lowest BCUT2D eigenvalue weighted by Crippen LogP contribution is -2.48. The molecule has 0 saturated carbocycles. The van der Waals surface area contributed by atoms with E-state index in [4.69, 9.17) is 0 Å². The Morgan fingerprint density at radius 2 is 1.65 bits per heavy atom. The summed E-state index contributed by atoms with van der Waals surface area (Å²) < 4.78 is 28.8. The largest absolute Gasteiger partial charge is 0.369 e. The van der Waals surface area contributed by atoms with Crippen LogP contribution in [-0.4, -0.2) is 53.6 Å². The van der Waals surface area contributed by atoms with Crippen molar-refractivity contribution < 1.29 is 13.3 Å². The predicted octanol–water partition coefficient (Wildman–Crippen LogP) is 2.91. The molecule has 1 aliphatic heterocycles. The quantitative estimate of drug-likeness (QED) is 0.446. The molecule has 10 heteroatoms. The normalized spacial score (nSPS) is 15.2. The number of aryl methyl sites for hydroxylation is 2. The standard InChI is InChI=1S/C21H23N5O4S/c1-16-14-17(2)25(22-16)21-15-18(8-9-20(21)26(27)28)23-10-12-24(13-11-23)31(29,30)19-6-4-3-5-7-19/h3-9,14-15H,10-13H2,1-2H3. The van der Waals surface area contributed by atoms with Crippen molar-refractivity contribution in [2.75, 3.05) is 31.1 Å². The van der Waals surface area contributed by atoms with E-state index in [2.05, 4.69) is 5.10 Å². The molecule has 1 aromatic heterocycles. The third-order valence-corrected chi connectivity index (χ3v) is 7.29. The van der Waals surface area contributed by atoms with E-state index in [9.17, 15) is 18.5 Å². The molecule has 1 fully saturated rings. The lowest BCUT2D eigenvalue weighted by atomic mass is 10.2. The second-order valence-corrected chi connectivity index (χ2v) is 9.41. The molecule has 0 unspecified atom stereocenters. The van der Waals surface area contributed by atoms with Crippen LogP contribution in [0.1, 0.15) is 11.4 Å². The number of aromatic nitrogens is 2. The molecule has 31 heavy (non-hydrogen) atoms. The molecule has 0 aliphatic carbocycles.